The Bertz CT molecular complexity index is 1780. The first-order valence-corrected chi connectivity index (χ1v) is 41.0. The maximum absolute atomic E-state index is 11.4. The molecule has 0 bridgehead atoms. The molecule has 0 aliphatic heterocycles. The van der Waals surface area contributed by atoms with E-state index >= 15 is 0 Å². The van der Waals surface area contributed by atoms with Crippen LogP contribution in [0.5, 0.6) is 0 Å². The topological polar surface area (TPSA) is 114 Å². The second-order valence-electron chi connectivity index (χ2n) is 26.8. The molecule has 0 radical (unpaired) electrons. The van der Waals surface area contributed by atoms with Crippen LogP contribution in [0.1, 0.15) is 423 Å². The average molecular weight is 1260 g/mol. The summed E-state index contributed by atoms with van der Waals surface area (Å²) in [6.07, 6.45) is 87.9. The van der Waals surface area contributed by atoms with Gasteiger partial charge in [0.05, 0.1) is 9.79 Å². The van der Waals surface area contributed by atoms with Crippen LogP contribution >= 0.6 is 0 Å². The molecule has 87 heavy (non-hydrogen) atoms. The van der Waals surface area contributed by atoms with Gasteiger partial charge in [0, 0.05) is 0 Å². The standard InChI is InChI=1S/2C39H72O3S.Mg/c2*1-2-3-4-5-6-7-8-9-10-11-12-13-14-15-16-17-18-19-20-21-22-23-24-25-26-27-28-29-30-31-32-35-38-36-33-34-37-39(38)43(40,41)42;/h2*33-34,36-37H,2-32,35H2,1H3,(H,40,41,42);/q;;+2/p-2. The van der Waals surface area contributed by atoms with Crippen LogP contribution in [0.15, 0.2) is 58.3 Å². The van der Waals surface area contributed by atoms with Crippen LogP contribution in [0.4, 0.5) is 0 Å². The minimum Gasteiger partial charge on any atom is -0.744 e. The van der Waals surface area contributed by atoms with Gasteiger partial charge in [-0.05, 0) is 48.9 Å². The molecule has 0 saturated carbocycles. The summed E-state index contributed by atoms with van der Waals surface area (Å²) in [5.74, 6) is 0. The molecular weight excluding hydrogens is 1120 g/mol. The van der Waals surface area contributed by atoms with Crippen molar-refractivity contribution in [2.75, 3.05) is 0 Å². The van der Waals surface area contributed by atoms with Crippen molar-refractivity contribution in [1.82, 2.24) is 0 Å². The fraction of sp³-hybridized carbons (Fsp3) is 0.846. The summed E-state index contributed by atoms with van der Waals surface area (Å²) in [4.78, 5) is -0.0823. The molecule has 0 fully saturated rings. The van der Waals surface area contributed by atoms with Crippen molar-refractivity contribution in [1.29, 1.82) is 0 Å². The summed E-state index contributed by atoms with van der Waals surface area (Å²) in [7, 11) is -8.73. The van der Waals surface area contributed by atoms with Gasteiger partial charge < -0.3 is 9.11 Å². The van der Waals surface area contributed by atoms with Crippen molar-refractivity contribution in [3.8, 4) is 0 Å². The molecule has 0 aliphatic rings. The van der Waals surface area contributed by atoms with Crippen molar-refractivity contribution in [3.63, 3.8) is 0 Å². The molecule has 0 spiro atoms. The molecule has 0 unspecified atom stereocenters. The zero-order valence-corrected chi connectivity index (χ0v) is 60.9. The Morgan fingerprint density at radius 1 is 0.218 bits per heavy atom. The van der Waals surface area contributed by atoms with Crippen LogP contribution in [0.25, 0.3) is 0 Å². The SMILES string of the molecule is CCCCCCCCCCCCCCCCCCCCCCCCCCCCCCCCCc1ccccc1S(=O)(=O)[O-].CCCCCCCCCCCCCCCCCCCCCCCCCCCCCCCCCc1ccccc1S(=O)(=O)[O-].[Mg+2]. The number of benzene rings is 2. The Morgan fingerprint density at radius 3 is 0.483 bits per heavy atom. The zero-order valence-electron chi connectivity index (χ0n) is 57.8. The van der Waals surface area contributed by atoms with Gasteiger partial charge in [0.15, 0.2) is 0 Å². The molecule has 2 aromatic carbocycles. The van der Waals surface area contributed by atoms with Crippen molar-refractivity contribution in [2.24, 2.45) is 0 Å². The molecule has 0 N–H and O–H groups in total. The van der Waals surface area contributed by atoms with Crippen LogP contribution < -0.4 is 0 Å². The number of hydrogen-bond donors (Lipinski definition) is 0. The Hall–Kier alpha value is -0.974. The summed E-state index contributed by atoms with van der Waals surface area (Å²) in [6.45, 7) is 4.60. The van der Waals surface area contributed by atoms with E-state index in [1.54, 1.807) is 24.3 Å². The molecule has 0 aliphatic carbocycles. The molecule has 2 rings (SSSR count). The summed E-state index contributed by atoms with van der Waals surface area (Å²) in [6, 6.07) is 13.3. The molecule has 0 heterocycles. The number of hydrogen-bond acceptors (Lipinski definition) is 6. The number of aryl methyl sites for hydroxylation is 2. The van der Waals surface area contributed by atoms with Crippen molar-refractivity contribution < 1.29 is 25.9 Å². The molecule has 0 atom stereocenters. The first-order chi connectivity index (χ1) is 42.1. The van der Waals surface area contributed by atoms with E-state index in [0.29, 0.717) is 24.0 Å². The van der Waals surface area contributed by atoms with Crippen molar-refractivity contribution in [2.45, 2.75) is 435 Å². The van der Waals surface area contributed by atoms with E-state index in [1.165, 1.54) is 385 Å². The average Bonchev–Trinajstić information content (AvgIpc) is 2.88. The van der Waals surface area contributed by atoms with E-state index in [9.17, 15) is 25.9 Å². The minimum atomic E-state index is -4.37. The monoisotopic (exact) mass is 1260 g/mol. The predicted molar refractivity (Wildman–Crippen MR) is 380 cm³/mol. The largest absolute Gasteiger partial charge is 2.00 e. The van der Waals surface area contributed by atoms with Gasteiger partial charge in [-0.25, -0.2) is 16.8 Å². The van der Waals surface area contributed by atoms with Gasteiger partial charge >= 0.3 is 23.1 Å². The Kier molecular flexibility index (Phi) is 65.7. The predicted octanol–water partition coefficient (Wildman–Crippen LogP) is 26.1. The molecule has 504 valence electrons. The molecule has 2 aromatic rings. The fourth-order valence-corrected chi connectivity index (χ4v) is 14.4. The van der Waals surface area contributed by atoms with E-state index in [4.69, 9.17) is 0 Å². The fourth-order valence-electron chi connectivity index (χ4n) is 12.9. The molecule has 0 aromatic heterocycles. The van der Waals surface area contributed by atoms with Crippen molar-refractivity contribution >= 4 is 43.3 Å². The molecule has 9 heteroatoms. The van der Waals surface area contributed by atoms with Crippen LogP contribution in [0.3, 0.4) is 0 Å². The molecule has 0 saturated heterocycles. The smallest absolute Gasteiger partial charge is 0.744 e. The Labute approximate surface area is 559 Å². The maximum Gasteiger partial charge on any atom is 2.00 e. The normalized spacial score (nSPS) is 11.7. The van der Waals surface area contributed by atoms with E-state index in [-0.39, 0.29) is 32.8 Å². The van der Waals surface area contributed by atoms with Gasteiger partial charge in [-0.2, -0.15) is 0 Å². The zero-order chi connectivity index (χ0) is 62.2. The van der Waals surface area contributed by atoms with Crippen LogP contribution in [0, 0.1) is 0 Å². The number of rotatable bonds is 66. The first-order valence-electron chi connectivity index (χ1n) is 38.2. The van der Waals surface area contributed by atoms with Gasteiger partial charge in [0.2, 0.25) is 0 Å². The number of unbranched alkanes of at least 4 members (excludes halogenated alkanes) is 60. The molecule has 6 nitrogen and oxygen atoms in total. The summed E-state index contributed by atoms with van der Waals surface area (Å²) < 4.78 is 68.2. The summed E-state index contributed by atoms with van der Waals surface area (Å²) in [5, 5.41) is 0. The quantitative estimate of drug-likeness (QED) is 0.0370. The van der Waals surface area contributed by atoms with E-state index in [0.717, 1.165) is 25.7 Å². The second kappa shape index (κ2) is 66.5. The summed E-state index contributed by atoms with van der Waals surface area (Å²) >= 11 is 0. The maximum atomic E-state index is 11.4. The van der Waals surface area contributed by atoms with E-state index in [1.807, 2.05) is 12.1 Å². The van der Waals surface area contributed by atoms with Gasteiger partial charge in [-0.1, -0.05) is 435 Å². The van der Waals surface area contributed by atoms with Gasteiger partial charge in [0.25, 0.3) is 0 Å². The van der Waals surface area contributed by atoms with Gasteiger partial charge in [-0.15, -0.1) is 0 Å². The van der Waals surface area contributed by atoms with Gasteiger partial charge in [0.1, 0.15) is 20.2 Å². The van der Waals surface area contributed by atoms with Crippen LogP contribution in [-0.4, -0.2) is 49.0 Å². The summed E-state index contributed by atoms with van der Waals surface area (Å²) in [5.41, 5.74) is 1.35. The molecular formula is C78H142MgO6S2. The first kappa shape index (κ1) is 86.0. The van der Waals surface area contributed by atoms with Gasteiger partial charge in [-0.3, -0.25) is 0 Å². The third kappa shape index (κ3) is 59.8. The van der Waals surface area contributed by atoms with Crippen molar-refractivity contribution in [3.05, 3.63) is 59.7 Å². The van der Waals surface area contributed by atoms with E-state index in [2.05, 4.69) is 13.8 Å². The minimum absolute atomic E-state index is 0. The third-order valence-electron chi connectivity index (χ3n) is 18.6. The Morgan fingerprint density at radius 2 is 0.345 bits per heavy atom. The molecule has 0 amide bonds. The second-order valence-corrected chi connectivity index (χ2v) is 29.5. The van der Waals surface area contributed by atoms with Crippen LogP contribution in [-0.2, 0) is 33.1 Å². The Balaban J connectivity index is 0.00000168. The van der Waals surface area contributed by atoms with E-state index < -0.39 is 20.2 Å². The third-order valence-corrected chi connectivity index (χ3v) is 20.5. The van der Waals surface area contributed by atoms with Crippen LogP contribution in [0.2, 0.25) is 0 Å².